The lowest BCUT2D eigenvalue weighted by Gasteiger charge is -2.31. The van der Waals surface area contributed by atoms with Crippen molar-refractivity contribution in [1.29, 1.82) is 0 Å². The van der Waals surface area contributed by atoms with E-state index >= 15 is 0 Å². The van der Waals surface area contributed by atoms with Crippen molar-refractivity contribution in [2.75, 3.05) is 30.0 Å². The molecule has 41 heavy (non-hydrogen) atoms. The molecule has 1 saturated heterocycles. The van der Waals surface area contributed by atoms with Crippen molar-refractivity contribution in [2.24, 2.45) is 0 Å². The van der Waals surface area contributed by atoms with Crippen LogP contribution in [0.4, 0.5) is 24.5 Å². The summed E-state index contributed by atoms with van der Waals surface area (Å²) >= 11 is 0. The Morgan fingerprint density at radius 3 is 2.54 bits per heavy atom. The highest BCUT2D eigenvalue weighted by molar-refractivity contribution is 6.38. The number of nitrogens with zero attached hydrogens (tertiary/aromatic N) is 2. The first kappa shape index (κ1) is 29.7. The Morgan fingerprint density at radius 2 is 1.88 bits per heavy atom. The molecule has 2 aromatic carbocycles. The summed E-state index contributed by atoms with van der Waals surface area (Å²) in [5, 5.41) is 0. The van der Waals surface area contributed by atoms with Crippen LogP contribution in [0, 0.1) is 12.1 Å². The first-order chi connectivity index (χ1) is 19.7. The van der Waals surface area contributed by atoms with Gasteiger partial charge < -0.3 is 19.3 Å². The van der Waals surface area contributed by atoms with E-state index in [1.165, 1.54) is 11.0 Å². The number of unbranched alkanes of at least 4 members (excludes halogenated alkanes) is 1. The fraction of sp³-hybridized carbons (Fsp3) is 0.387. The molecule has 7 nitrogen and oxygen atoms in total. The van der Waals surface area contributed by atoms with Gasteiger partial charge in [-0.3, -0.25) is 9.59 Å². The van der Waals surface area contributed by atoms with Gasteiger partial charge in [-0.25, -0.2) is 4.79 Å². The van der Waals surface area contributed by atoms with Gasteiger partial charge in [0.25, 0.3) is 0 Å². The summed E-state index contributed by atoms with van der Waals surface area (Å²) in [6.07, 6.45) is 2.38. The second-order valence-corrected chi connectivity index (χ2v) is 9.82. The van der Waals surface area contributed by atoms with Crippen molar-refractivity contribution in [3.05, 3.63) is 77.6 Å². The number of carbonyl (C=O) groups is 3. The van der Waals surface area contributed by atoms with Gasteiger partial charge in [-0.1, -0.05) is 24.3 Å². The van der Waals surface area contributed by atoms with Gasteiger partial charge in [-0.2, -0.15) is 0 Å². The van der Waals surface area contributed by atoms with Crippen LogP contribution in [0.1, 0.15) is 56.1 Å². The number of ether oxygens (including phenoxy) is 2. The van der Waals surface area contributed by atoms with Gasteiger partial charge >= 0.3 is 18.2 Å². The van der Waals surface area contributed by atoms with Crippen LogP contribution in [-0.4, -0.2) is 44.3 Å². The van der Waals surface area contributed by atoms with Crippen LogP contribution in [-0.2, 0) is 30.3 Å². The minimum atomic E-state index is -4.78. The van der Waals surface area contributed by atoms with E-state index in [1.807, 2.05) is 12.1 Å². The van der Waals surface area contributed by atoms with Gasteiger partial charge in [0.1, 0.15) is 5.76 Å². The molecule has 4 rings (SSSR count). The second-order valence-electron chi connectivity index (χ2n) is 9.82. The smallest absolute Gasteiger partial charge is 0.462 e. The summed E-state index contributed by atoms with van der Waals surface area (Å²) in [7, 11) is 1.14. The summed E-state index contributed by atoms with van der Waals surface area (Å²) in [6, 6.07) is 16.5. The number of amides is 2. The number of rotatable bonds is 9. The number of esters is 1. The van der Waals surface area contributed by atoms with E-state index in [2.05, 4.69) is 16.9 Å². The molecule has 0 bridgehead atoms. The Balaban J connectivity index is 1.66. The molecule has 0 aromatic heterocycles. The third kappa shape index (κ3) is 7.91. The number of halogens is 3. The van der Waals surface area contributed by atoms with Gasteiger partial charge in [0.05, 0.1) is 12.8 Å². The monoisotopic (exact) mass is 568 g/mol. The van der Waals surface area contributed by atoms with Crippen molar-refractivity contribution in [2.45, 2.75) is 57.7 Å². The van der Waals surface area contributed by atoms with Crippen molar-refractivity contribution >= 4 is 34.7 Å². The zero-order chi connectivity index (χ0) is 29.4. The number of hydrogen-bond donors (Lipinski definition) is 0. The molecular weight excluding hydrogens is 537 g/mol. The summed E-state index contributed by atoms with van der Waals surface area (Å²) in [5.41, 5.74) is 3.42. The van der Waals surface area contributed by atoms with Crippen molar-refractivity contribution in [3.8, 4) is 0 Å². The predicted octanol–water partition coefficient (Wildman–Crippen LogP) is 5.93. The molecule has 1 fully saturated rings. The summed E-state index contributed by atoms with van der Waals surface area (Å²) < 4.78 is 47.0. The molecule has 1 aliphatic carbocycles. The Bertz CT molecular complexity index is 1320. The zero-order valence-electron chi connectivity index (χ0n) is 22.8. The van der Waals surface area contributed by atoms with Gasteiger partial charge in [-0.15, -0.1) is 13.2 Å². The second kappa shape index (κ2) is 13.4. The SMILES string of the molecule is COC(=O)C(=O)N(CCCCc1cc#ccc1)c1ccc(N2CCCCC2=O)c(C2=CC=C(OC(F)(F)F)CC2)c1. The van der Waals surface area contributed by atoms with Crippen LogP contribution < -0.4 is 9.80 Å². The molecule has 10 heteroatoms. The van der Waals surface area contributed by atoms with Crippen LogP contribution in [0.2, 0.25) is 0 Å². The quantitative estimate of drug-likeness (QED) is 0.213. The molecule has 0 radical (unpaired) electrons. The van der Waals surface area contributed by atoms with E-state index in [4.69, 9.17) is 4.74 Å². The highest BCUT2D eigenvalue weighted by atomic mass is 19.4. The van der Waals surface area contributed by atoms with Gasteiger partial charge in [-0.05, 0) is 86.1 Å². The molecule has 0 spiro atoms. The maximum Gasteiger partial charge on any atom is 0.572 e. The summed E-state index contributed by atoms with van der Waals surface area (Å²) in [5.74, 6) is -2.09. The molecule has 0 unspecified atom stereocenters. The first-order valence-electron chi connectivity index (χ1n) is 13.5. The standard InChI is InChI=1S/C31H31F3N2O5/c1-40-30(39)29(38)35(19-7-5-11-22-9-3-2-4-10-22)24-15-18-27(36-20-8-6-12-28(36)37)26(21-24)23-13-16-25(17-14-23)41-31(32,33)34/h3,9-10,13,15-16,18,21H,5-8,11-12,14,17,19-20H2,1H3. The molecule has 0 atom stereocenters. The Kier molecular flexibility index (Phi) is 9.71. The molecule has 1 heterocycles. The summed E-state index contributed by atoms with van der Waals surface area (Å²) in [4.78, 5) is 41.2. The number of hydrogen-bond acceptors (Lipinski definition) is 5. The van der Waals surface area contributed by atoms with Crippen LogP contribution in [0.3, 0.4) is 0 Å². The zero-order valence-corrected chi connectivity index (χ0v) is 22.8. The third-order valence-corrected chi connectivity index (χ3v) is 7.03. The molecule has 2 amide bonds. The first-order valence-corrected chi connectivity index (χ1v) is 13.5. The highest BCUT2D eigenvalue weighted by Gasteiger charge is 2.33. The Labute approximate surface area is 237 Å². The number of allylic oxidation sites excluding steroid dienone is 4. The maximum atomic E-state index is 13.1. The van der Waals surface area contributed by atoms with Gasteiger partial charge in [0.15, 0.2) is 0 Å². The topological polar surface area (TPSA) is 76.2 Å². The van der Waals surface area contributed by atoms with Gasteiger partial charge in [0, 0.05) is 37.2 Å². The molecule has 0 N–H and O–H groups in total. The molecular formula is C31H31F3N2O5. The van der Waals surface area contributed by atoms with Crippen molar-refractivity contribution in [1.82, 2.24) is 0 Å². The van der Waals surface area contributed by atoms with E-state index in [1.54, 1.807) is 35.2 Å². The lowest BCUT2D eigenvalue weighted by molar-refractivity contribution is -0.306. The minimum absolute atomic E-state index is 0.0163. The Hall–Kier alpha value is -4.26. The fourth-order valence-electron chi connectivity index (χ4n) is 5.00. The van der Waals surface area contributed by atoms with Crippen LogP contribution in [0.25, 0.3) is 5.57 Å². The molecule has 0 saturated carbocycles. The molecule has 2 aliphatic rings. The van der Waals surface area contributed by atoms with Gasteiger partial charge in [0.2, 0.25) is 5.91 Å². The average Bonchev–Trinajstić information content (AvgIpc) is 2.97. The minimum Gasteiger partial charge on any atom is -0.462 e. The highest BCUT2D eigenvalue weighted by Crippen LogP contribution is 2.38. The van der Waals surface area contributed by atoms with Crippen molar-refractivity contribution < 1.29 is 37.0 Å². The Morgan fingerprint density at radius 1 is 1.05 bits per heavy atom. The number of aryl methyl sites for hydroxylation is 1. The number of methoxy groups -OCH3 is 1. The molecule has 2 aromatic rings. The predicted molar refractivity (Wildman–Crippen MR) is 147 cm³/mol. The van der Waals surface area contributed by atoms with Crippen molar-refractivity contribution in [3.63, 3.8) is 0 Å². The third-order valence-electron chi connectivity index (χ3n) is 7.03. The normalized spacial score (nSPS) is 15.4. The van der Waals surface area contributed by atoms with E-state index < -0.39 is 18.2 Å². The van der Waals surface area contributed by atoms with E-state index in [0.717, 1.165) is 38.4 Å². The van der Waals surface area contributed by atoms with E-state index in [-0.39, 0.29) is 31.1 Å². The lowest BCUT2D eigenvalue weighted by atomic mass is 9.93. The van der Waals surface area contributed by atoms with E-state index in [0.29, 0.717) is 41.9 Å². The average molecular weight is 569 g/mol. The van der Waals surface area contributed by atoms with Crippen LogP contribution in [0.15, 0.2) is 54.3 Å². The lowest BCUT2D eigenvalue weighted by Crippen LogP contribution is -2.38. The number of carbonyl (C=O) groups excluding carboxylic acids is 3. The number of piperidine rings is 1. The molecule has 216 valence electrons. The largest absolute Gasteiger partial charge is 0.572 e. The molecule has 1 aliphatic heterocycles. The number of benzene rings is 1. The number of anilines is 2. The fourth-order valence-corrected chi connectivity index (χ4v) is 5.00. The van der Waals surface area contributed by atoms with Crippen LogP contribution in [0.5, 0.6) is 0 Å². The van der Waals surface area contributed by atoms with Crippen LogP contribution >= 0.6 is 0 Å². The summed E-state index contributed by atoms with van der Waals surface area (Å²) in [6.45, 7) is 0.747. The maximum absolute atomic E-state index is 13.1. The number of alkyl halides is 3. The van der Waals surface area contributed by atoms with E-state index in [9.17, 15) is 27.6 Å².